The number of anilines is 1. The van der Waals surface area contributed by atoms with Crippen LogP contribution in [-0.4, -0.2) is 80.6 Å². The minimum absolute atomic E-state index is 0.0254. The molecular weight excluding hydrogens is 476 g/mol. The van der Waals surface area contributed by atoms with E-state index >= 15 is 0 Å². The summed E-state index contributed by atoms with van der Waals surface area (Å²) in [6, 6.07) is 16.7. The van der Waals surface area contributed by atoms with Gasteiger partial charge in [-0.25, -0.2) is 0 Å². The van der Waals surface area contributed by atoms with Gasteiger partial charge in [-0.15, -0.1) is 0 Å². The summed E-state index contributed by atoms with van der Waals surface area (Å²) in [5.74, 6) is -0.292. The molecule has 7 heteroatoms. The van der Waals surface area contributed by atoms with Gasteiger partial charge in [0.2, 0.25) is 11.8 Å². The fourth-order valence-electron chi connectivity index (χ4n) is 6.06. The molecule has 7 nitrogen and oxygen atoms in total. The van der Waals surface area contributed by atoms with Crippen LogP contribution in [0.5, 0.6) is 0 Å². The molecule has 0 spiro atoms. The molecule has 1 aliphatic carbocycles. The Bertz CT molecular complexity index is 1070. The second kappa shape index (κ2) is 13.4. The molecule has 3 aliphatic rings. The van der Waals surface area contributed by atoms with Crippen LogP contribution in [0.15, 0.2) is 48.5 Å². The lowest BCUT2D eigenvalue weighted by atomic mass is 9.87. The van der Waals surface area contributed by atoms with Crippen LogP contribution in [0, 0.1) is 11.8 Å². The van der Waals surface area contributed by atoms with Gasteiger partial charge in [-0.05, 0) is 73.9 Å². The molecule has 2 saturated heterocycles. The van der Waals surface area contributed by atoms with Crippen molar-refractivity contribution in [3.8, 4) is 0 Å². The van der Waals surface area contributed by atoms with E-state index in [2.05, 4.69) is 56.8 Å². The van der Waals surface area contributed by atoms with E-state index in [4.69, 9.17) is 4.74 Å². The number of hydrogen-bond donors (Lipinski definition) is 2. The summed E-state index contributed by atoms with van der Waals surface area (Å²) in [6.45, 7) is 7.39. The molecule has 2 amide bonds. The number of likely N-dealkylation sites (tertiary alicyclic amines) is 1. The number of fused-ring (bicyclic) bond motifs is 1. The highest BCUT2D eigenvalue weighted by Crippen LogP contribution is 2.27. The number of benzene rings is 2. The van der Waals surface area contributed by atoms with Crippen molar-refractivity contribution < 1.29 is 14.3 Å². The van der Waals surface area contributed by atoms with Crippen molar-refractivity contribution in [3.63, 3.8) is 0 Å². The summed E-state index contributed by atoms with van der Waals surface area (Å²) < 4.78 is 5.42. The molecule has 2 fully saturated rings. The molecule has 2 N–H and O–H groups in total. The van der Waals surface area contributed by atoms with Crippen molar-refractivity contribution in [2.24, 2.45) is 11.8 Å². The Kier molecular flexibility index (Phi) is 9.44. The molecule has 0 unspecified atom stereocenters. The molecule has 2 heterocycles. The van der Waals surface area contributed by atoms with Crippen LogP contribution in [0.25, 0.3) is 0 Å². The van der Waals surface area contributed by atoms with Crippen LogP contribution in [0.4, 0.5) is 5.69 Å². The molecule has 204 valence electrons. The Labute approximate surface area is 226 Å². The third-order valence-electron chi connectivity index (χ3n) is 8.25. The van der Waals surface area contributed by atoms with Gasteiger partial charge in [0.25, 0.3) is 0 Å². The quantitative estimate of drug-likeness (QED) is 0.473. The van der Waals surface area contributed by atoms with Gasteiger partial charge in [-0.3, -0.25) is 14.5 Å². The van der Waals surface area contributed by atoms with Gasteiger partial charge < -0.3 is 20.3 Å². The van der Waals surface area contributed by atoms with E-state index in [0.717, 1.165) is 70.8 Å². The first-order chi connectivity index (χ1) is 18.6. The van der Waals surface area contributed by atoms with E-state index in [1.807, 2.05) is 12.1 Å². The van der Waals surface area contributed by atoms with Crippen molar-refractivity contribution in [1.29, 1.82) is 0 Å². The molecule has 0 radical (unpaired) electrons. The predicted octanol–water partition coefficient (Wildman–Crippen LogP) is 3.13. The van der Waals surface area contributed by atoms with Crippen molar-refractivity contribution in [3.05, 3.63) is 65.2 Å². The SMILES string of the molecule is O=C(NCCCN1CCOCC1)[C@H]1C[C@@H](C(=O)Nc2ccc3c(c2)CCC3)CN(CCc2ccccc2)C1. The van der Waals surface area contributed by atoms with Crippen LogP contribution in [0.1, 0.15) is 36.0 Å². The standard InChI is InChI=1S/C31H42N4O3/c36-30(32-13-5-14-34-16-18-38-19-17-34)27-20-28(23-35(22-27)15-12-24-6-2-1-3-7-24)31(37)33-29-11-10-25-8-4-9-26(25)21-29/h1-3,6-7,10-11,21,27-28H,4-5,8-9,12-20,22-23H2,(H,32,36)(H,33,37)/t27-,28+/m0/s1. The van der Waals surface area contributed by atoms with E-state index in [-0.39, 0.29) is 23.7 Å². The molecule has 5 rings (SSSR count). The van der Waals surface area contributed by atoms with Gasteiger partial charge in [-0.2, -0.15) is 0 Å². The lowest BCUT2D eigenvalue weighted by Gasteiger charge is -2.36. The maximum Gasteiger partial charge on any atom is 0.228 e. The Morgan fingerprint density at radius 1 is 0.868 bits per heavy atom. The van der Waals surface area contributed by atoms with Crippen LogP contribution < -0.4 is 10.6 Å². The fraction of sp³-hybridized carbons (Fsp3) is 0.548. The lowest BCUT2D eigenvalue weighted by molar-refractivity contribution is -0.130. The summed E-state index contributed by atoms with van der Waals surface area (Å²) in [5.41, 5.74) is 4.91. The zero-order valence-electron chi connectivity index (χ0n) is 22.5. The number of amides is 2. The van der Waals surface area contributed by atoms with Gasteiger partial charge in [0, 0.05) is 45.0 Å². The molecule has 2 aromatic carbocycles. The van der Waals surface area contributed by atoms with Crippen LogP contribution in [0.2, 0.25) is 0 Å². The Morgan fingerprint density at radius 3 is 2.45 bits per heavy atom. The Balaban J connectivity index is 1.17. The first kappa shape index (κ1) is 26.9. The van der Waals surface area contributed by atoms with Gasteiger partial charge in [0.15, 0.2) is 0 Å². The van der Waals surface area contributed by atoms with E-state index < -0.39 is 0 Å². The highest BCUT2D eigenvalue weighted by molar-refractivity contribution is 5.93. The first-order valence-electron chi connectivity index (χ1n) is 14.4. The number of piperidine rings is 1. The van der Waals surface area contributed by atoms with Crippen molar-refractivity contribution in [2.45, 2.75) is 38.5 Å². The number of ether oxygens (including phenoxy) is 1. The maximum absolute atomic E-state index is 13.4. The maximum atomic E-state index is 13.4. The Hall–Kier alpha value is -2.74. The van der Waals surface area contributed by atoms with E-state index in [1.54, 1.807) is 0 Å². The van der Waals surface area contributed by atoms with Crippen LogP contribution in [0.3, 0.4) is 0 Å². The van der Waals surface area contributed by atoms with E-state index in [0.29, 0.717) is 26.1 Å². The van der Waals surface area contributed by atoms with Crippen molar-refractivity contribution in [2.75, 3.05) is 64.3 Å². The first-order valence-corrected chi connectivity index (χ1v) is 14.4. The van der Waals surface area contributed by atoms with E-state index in [1.165, 1.54) is 23.1 Å². The van der Waals surface area contributed by atoms with Crippen LogP contribution >= 0.6 is 0 Å². The number of rotatable bonds is 10. The number of carbonyl (C=O) groups is 2. The normalized spacial score (nSPS) is 22.1. The average molecular weight is 519 g/mol. The molecule has 2 atom stereocenters. The van der Waals surface area contributed by atoms with Gasteiger partial charge in [0.1, 0.15) is 0 Å². The van der Waals surface area contributed by atoms with Gasteiger partial charge >= 0.3 is 0 Å². The molecule has 0 aromatic heterocycles. The number of nitrogens with one attached hydrogen (secondary N) is 2. The molecule has 38 heavy (non-hydrogen) atoms. The monoisotopic (exact) mass is 518 g/mol. The summed E-state index contributed by atoms with van der Waals surface area (Å²) in [7, 11) is 0. The summed E-state index contributed by atoms with van der Waals surface area (Å²) in [5, 5.41) is 6.34. The number of aryl methyl sites for hydroxylation is 2. The topological polar surface area (TPSA) is 73.9 Å². The highest BCUT2D eigenvalue weighted by atomic mass is 16.5. The number of hydrogen-bond acceptors (Lipinski definition) is 5. The highest BCUT2D eigenvalue weighted by Gasteiger charge is 2.35. The third-order valence-corrected chi connectivity index (χ3v) is 8.25. The predicted molar refractivity (Wildman–Crippen MR) is 150 cm³/mol. The molecule has 2 aromatic rings. The molecule has 0 bridgehead atoms. The summed E-state index contributed by atoms with van der Waals surface area (Å²) in [6.07, 6.45) is 5.84. The largest absolute Gasteiger partial charge is 0.379 e. The van der Waals surface area contributed by atoms with Crippen LogP contribution in [-0.2, 0) is 33.6 Å². The lowest BCUT2D eigenvalue weighted by Crippen LogP contribution is -2.50. The zero-order valence-corrected chi connectivity index (χ0v) is 22.5. The smallest absolute Gasteiger partial charge is 0.228 e. The number of carbonyl (C=O) groups excluding carboxylic acids is 2. The van der Waals surface area contributed by atoms with Crippen molar-refractivity contribution in [1.82, 2.24) is 15.1 Å². The van der Waals surface area contributed by atoms with Crippen molar-refractivity contribution >= 4 is 17.5 Å². The minimum atomic E-state index is -0.211. The average Bonchev–Trinajstić information content (AvgIpc) is 3.43. The fourth-order valence-corrected chi connectivity index (χ4v) is 6.06. The molecule has 2 aliphatic heterocycles. The zero-order chi connectivity index (χ0) is 26.2. The van der Waals surface area contributed by atoms with E-state index in [9.17, 15) is 9.59 Å². The molecular formula is C31H42N4O3. The van der Waals surface area contributed by atoms with Gasteiger partial charge in [-0.1, -0.05) is 36.4 Å². The number of morpholine rings is 1. The summed E-state index contributed by atoms with van der Waals surface area (Å²) >= 11 is 0. The third kappa shape index (κ3) is 7.43. The second-order valence-electron chi connectivity index (χ2n) is 11.0. The second-order valence-corrected chi connectivity index (χ2v) is 11.0. The van der Waals surface area contributed by atoms with Gasteiger partial charge in [0.05, 0.1) is 25.0 Å². The molecule has 0 saturated carbocycles. The Morgan fingerprint density at radius 2 is 1.63 bits per heavy atom. The minimum Gasteiger partial charge on any atom is -0.379 e. The summed E-state index contributed by atoms with van der Waals surface area (Å²) in [4.78, 5) is 31.3. The number of nitrogens with zero attached hydrogens (tertiary/aromatic N) is 2.